The molecule has 0 saturated heterocycles. The van der Waals surface area contributed by atoms with Gasteiger partial charge in [-0.2, -0.15) is 0 Å². The molecule has 0 aliphatic heterocycles. The number of thiazole rings is 1. The molecular formula is C17H13Cl2N3OS. The van der Waals surface area contributed by atoms with Crippen molar-refractivity contribution in [3.8, 4) is 11.3 Å². The molecule has 24 heavy (non-hydrogen) atoms. The van der Waals surface area contributed by atoms with Crippen molar-refractivity contribution in [3.63, 3.8) is 0 Å². The molecule has 122 valence electrons. The van der Waals surface area contributed by atoms with Crippen LogP contribution in [0.2, 0.25) is 10.0 Å². The number of amides is 1. The molecule has 7 heteroatoms. The molecule has 0 spiro atoms. The van der Waals surface area contributed by atoms with Crippen molar-refractivity contribution >= 4 is 51.3 Å². The fraction of sp³-hybridized carbons (Fsp3) is 0.0588. The summed E-state index contributed by atoms with van der Waals surface area (Å²) in [5.74, 6) is -0.282. The van der Waals surface area contributed by atoms with E-state index in [-0.39, 0.29) is 5.91 Å². The summed E-state index contributed by atoms with van der Waals surface area (Å²) in [6.07, 6.45) is 0. The summed E-state index contributed by atoms with van der Waals surface area (Å²) in [5, 5.41) is 9.48. The summed E-state index contributed by atoms with van der Waals surface area (Å²) in [7, 11) is 1.84. The standard InChI is InChI=1S/C17H13Cl2N3OS/c1-20-17-22-15(9-24-17)10-2-5-12(6-3-10)21-16(23)13-7-4-11(18)8-14(13)19/h2-9H,1H3,(H,20,22)(H,21,23). The number of nitrogens with zero attached hydrogens (tertiary/aromatic N) is 1. The van der Waals surface area contributed by atoms with Gasteiger partial charge < -0.3 is 10.6 Å². The maximum absolute atomic E-state index is 12.3. The molecule has 0 atom stereocenters. The van der Waals surface area contributed by atoms with E-state index in [9.17, 15) is 4.79 Å². The van der Waals surface area contributed by atoms with Gasteiger partial charge in [-0.25, -0.2) is 4.98 Å². The van der Waals surface area contributed by atoms with Crippen LogP contribution in [-0.2, 0) is 0 Å². The van der Waals surface area contributed by atoms with Crippen molar-refractivity contribution in [2.75, 3.05) is 17.7 Å². The zero-order chi connectivity index (χ0) is 17.1. The molecule has 4 nitrogen and oxygen atoms in total. The molecule has 1 aromatic heterocycles. The van der Waals surface area contributed by atoms with Crippen LogP contribution >= 0.6 is 34.5 Å². The largest absolute Gasteiger partial charge is 0.365 e. The molecule has 0 saturated carbocycles. The van der Waals surface area contributed by atoms with Crippen LogP contribution in [0.4, 0.5) is 10.8 Å². The van der Waals surface area contributed by atoms with Gasteiger partial charge in [-0.05, 0) is 30.3 Å². The van der Waals surface area contributed by atoms with E-state index in [0.717, 1.165) is 16.4 Å². The van der Waals surface area contributed by atoms with Crippen LogP contribution in [0.25, 0.3) is 11.3 Å². The lowest BCUT2D eigenvalue weighted by Gasteiger charge is -2.07. The van der Waals surface area contributed by atoms with Crippen molar-refractivity contribution in [3.05, 3.63) is 63.5 Å². The zero-order valence-corrected chi connectivity index (χ0v) is 15.0. The number of halogens is 2. The maximum atomic E-state index is 12.3. The average Bonchev–Trinajstić information content (AvgIpc) is 3.04. The molecule has 0 aliphatic rings. The molecule has 1 amide bonds. The molecule has 0 unspecified atom stereocenters. The SMILES string of the molecule is CNc1nc(-c2ccc(NC(=O)c3ccc(Cl)cc3Cl)cc2)cs1. The highest BCUT2D eigenvalue weighted by atomic mass is 35.5. The Morgan fingerprint density at radius 3 is 2.50 bits per heavy atom. The minimum absolute atomic E-state index is 0.282. The monoisotopic (exact) mass is 377 g/mol. The Hall–Kier alpha value is -2.08. The summed E-state index contributed by atoms with van der Waals surface area (Å²) >= 11 is 13.4. The van der Waals surface area contributed by atoms with Gasteiger partial charge in [0.2, 0.25) is 0 Å². The van der Waals surface area contributed by atoms with Gasteiger partial charge in [0, 0.05) is 28.7 Å². The molecule has 0 aliphatic carbocycles. The quantitative estimate of drug-likeness (QED) is 0.638. The van der Waals surface area contributed by atoms with Gasteiger partial charge in [0.15, 0.2) is 5.13 Å². The summed E-state index contributed by atoms with van der Waals surface area (Å²) < 4.78 is 0. The third-order valence-electron chi connectivity index (χ3n) is 3.33. The third kappa shape index (κ3) is 3.70. The lowest BCUT2D eigenvalue weighted by molar-refractivity contribution is 0.102. The minimum Gasteiger partial charge on any atom is -0.365 e. The summed E-state index contributed by atoms with van der Waals surface area (Å²) in [6.45, 7) is 0. The van der Waals surface area contributed by atoms with Crippen LogP contribution in [-0.4, -0.2) is 17.9 Å². The first-order valence-corrected chi connectivity index (χ1v) is 8.70. The van der Waals surface area contributed by atoms with E-state index in [2.05, 4.69) is 15.6 Å². The summed E-state index contributed by atoms with van der Waals surface area (Å²) in [6, 6.07) is 12.3. The molecule has 2 aromatic carbocycles. The summed E-state index contributed by atoms with van der Waals surface area (Å²) in [5.41, 5.74) is 2.93. The van der Waals surface area contributed by atoms with Gasteiger partial charge in [-0.1, -0.05) is 35.3 Å². The van der Waals surface area contributed by atoms with Gasteiger partial charge in [-0.3, -0.25) is 4.79 Å². The predicted octanol–water partition coefficient (Wildman–Crippen LogP) is 5.41. The van der Waals surface area contributed by atoms with Crippen LogP contribution in [0.15, 0.2) is 47.8 Å². The lowest BCUT2D eigenvalue weighted by Crippen LogP contribution is -2.12. The van der Waals surface area contributed by atoms with Crippen molar-refractivity contribution in [1.29, 1.82) is 0 Å². The highest BCUT2D eigenvalue weighted by Crippen LogP contribution is 2.26. The number of aromatic nitrogens is 1. The Labute approximate surface area is 153 Å². The van der Waals surface area contributed by atoms with Crippen LogP contribution in [0.1, 0.15) is 10.4 Å². The van der Waals surface area contributed by atoms with Crippen LogP contribution in [0.3, 0.4) is 0 Å². The topological polar surface area (TPSA) is 54.0 Å². The van der Waals surface area contributed by atoms with E-state index in [1.165, 1.54) is 0 Å². The Balaban J connectivity index is 1.75. The van der Waals surface area contributed by atoms with Crippen LogP contribution in [0.5, 0.6) is 0 Å². The summed E-state index contributed by atoms with van der Waals surface area (Å²) in [4.78, 5) is 16.7. The first kappa shape index (κ1) is 16.8. The number of hydrogen-bond donors (Lipinski definition) is 2. The Morgan fingerprint density at radius 1 is 1.12 bits per heavy atom. The van der Waals surface area contributed by atoms with Gasteiger partial charge in [-0.15, -0.1) is 11.3 Å². The fourth-order valence-corrected chi connectivity index (χ4v) is 3.29. The van der Waals surface area contributed by atoms with Crippen molar-refractivity contribution in [1.82, 2.24) is 4.98 Å². The number of carbonyl (C=O) groups is 1. The average molecular weight is 378 g/mol. The number of carbonyl (C=O) groups excluding carboxylic acids is 1. The second kappa shape index (κ2) is 7.21. The zero-order valence-electron chi connectivity index (χ0n) is 12.6. The number of hydrogen-bond acceptors (Lipinski definition) is 4. The number of benzene rings is 2. The van der Waals surface area contributed by atoms with Crippen LogP contribution < -0.4 is 10.6 Å². The van der Waals surface area contributed by atoms with E-state index in [1.54, 1.807) is 29.5 Å². The smallest absolute Gasteiger partial charge is 0.257 e. The fourth-order valence-electron chi connectivity index (χ4n) is 2.12. The highest BCUT2D eigenvalue weighted by Gasteiger charge is 2.11. The van der Waals surface area contributed by atoms with Gasteiger partial charge in [0.05, 0.1) is 16.3 Å². The van der Waals surface area contributed by atoms with E-state index in [4.69, 9.17) is 23.2 Å². The predicted molar refractivity (Wildman–Crippen MR) is 102 cm³/mol. The molecular weight excluding hydrogens is 365 g/mol. The van der Waals surface area contributed by atoms with E-state index < -0.39 is 0 Å². The van der Waals surface area contributed by atoms with E-state index in [0.29, 0.717) is 21.3 Å². The number of rotatable bonds is 4. The van der Waals surface area contributed by atoms with Crippen molar-refractivity contribution < 1.29 is 4.79 Å². The first-order chi connectivity index (χ1) is 11.6. The number of nitrogens with one attached hydrogen (secondary N) is 2. The van der Waals surface area contributed by atoms with Crippen molar-refractivity contribution in [2.45, 2.75) is 0 Å². The highest BCUT2D eigenvalue weighted by molar-refractivity contribution is 7.14. The van der Waals surface area contributed by atoms with Gasteiger partial charge in [0.25, 0.3) is 5.91 Å². The van der Waals surface area contributed by atoms with E-state index in [1.807, 2.05) is 36.7 Å². The first-order valence-electron chi connectivity index (χ1n) is 7.07. The van der Waals surface area contributed by atoms with E-state index >= 15 is 0 Å². The minimum atomic E-state index is -0.282. The molecule has 2 N–H and O–H groups in total. The Morgan fingerprint density at radius 2 is 1.88 bits per heavy atom. The lowest BCUT2D eigenvalue weighted by atomic mass is 10.1. The molecule has 0 radical (unpaired) electrons. The Bertz CT molecular complexity index is 878. The molecule has 0 fully saturated rings. The Kier molecular flexibility index (Phi) is 5.04. The van der Waals surface area contributed by atoms with Gasteiger partial charge in [0.1, 0.15) is 0 Å². The second-order valence-corrected chi connectivity index (χ2v) is 6.65. The molecule has 1 heterocycles. The maximum Gasteiger partial charge on any atom is 0.257 e. The second-order valence-electron chi connectivity index (χ2n) is 4.94. The molecule has 3 rings (SSSR count). The van der Waals surface area contributed by atoms with Gasteiger partial charge >= 0.3 is 0 Å². The number of anilines is 2. The third-order valence-corrected chi connectivity index (χ3v) is 4.74. The molecule has 0 bridgehead atoms. The van der Waals surface area contributed by atoms with Crippen LogP contribution in [0, 0.1) is 0 Å². The normalized spacial score (nSPS) is 10.5. The van der Waals surface area contributed by atoms with Crippen molar-refractivity contribution in [2.24, 2.45) is 0 Å². The molecule has 3 aromatic rings.